The summed E-state index contributed by atoms with van der Waals surface area (Å²) < 4.78 is 0. The molecule has 6 nitrogen and oxygen atoms in total. The fourth-order valence-corrected chi connectivity index (χ4v) is 2.86. The van der Waals surface area contributed by atoms with Gasteiger partial charge in [-0.05, 0) is 31.8 Å². The molecule has 1 amide bonds. The van der Waals surface area contributed by atoms with Crippen molar-refractivity contribution in [3.8, 4) is 0 Å². The number of β-lactam (4-membered cyclic amide) rings is 1. The van der Waals surface area contributed by atoms with Crippen LogP contribution in [0.5, 0.6) is 0 Å². The van der Waals surface area contributed by atoms with Crippen LogP contribution in [0.25, 0.3) is 0 Å². The Bertz CT molecular complexity index is 420. The molecule has 0 aliphatic carbocycles. The Morgan fingerprint density at radius 3 is 2.68 bits per heavy atom. The monoisotopic (exact) mass is 293 g/mol. The summed E-state index contributed by atoms with van der Waals surface area (Å²) in [6.45, 7) is 1.51. The Kier molecular flexibility index (Phi) is 6.18. The van der Waals surface area contributed by atoms with Gasteiger partial charge in [0.15, 0.2) is 0 Å². The molecular formula is C12H16KNO5. The molecule has 1 saturated heterocycles. The third-order valence-corrected chi connectivity index (χ3v) is 3.65. The Morgan fingerprint density at radius 1 is 1.58 bits per heavy atom. The van der Waals surface area contributed by atoms with Crippen molar-refractivity contribution in [1.29, 1.82) is 0 Å². The van der Waals surface area contributed by atoms with E-state index in [1.54, 1.807) is 0 Å². The van der Waals surface area contributed by atoms with Crippen LogP contribution in [0, 0.1) is 5.92 Å². The van der Waals surface area contributed by atoms with E-state index in [2.05, 4.69) is 0 Å². The number of hydrogen-bond acceptors (Lipinski definition) is 5. The van der Waals surface area contributed by atoms with Crippen molar-refractivity contribution in [2.75, 3.05) is 6.61 Å². The van der Waals surface area contributed by atoms with Crippen LogP contribution < -0.4 is 56.5 Å². The van der Waals surface area contributed by atoms with Crippen molar-refractivity contribution in [1.82, 2.24) is 4.90 Å². The molecule has 0 aromatic carbocycles. The van der Waals surface area contributed by atoms with Gasteiger partial charge in [0, 0.05) is 6.61 Å². The first-order chi connectivity index (χ1) is 8.49. The second-order valence-corrected chi connectivity index (χ2v) is 4.81. The molecule has 0 radical (unpaired) electrons. The Labute approximate surface area is 153 Å². The Morgan fingerprint density at radius 2 is 2.21 bits per heavy atom. The number of carbonyl (C=O) groups is 2. The molecule has 2 N–H and O–H groups in total. The maximum Gasteiger partial charge on any atom is 1.00 e. The molecule has 2 heterocycles. The van der Waals surface area contributed by atoms with Gasteiger partial charge in [-0.25, -0.2) is 0 Å². The van der Waals surface area contributed by atoms with Gasteiger partial charge in [0.05, 0.1) is 29.7 Å². The van der Waals surface area contributed by atoms with Gasteiger partial charge in [-0.2, -0.15) is 0 Å². The van der Waals surface area contributed by atoms with Crippen molar-refractivity contribution in [2.45, 2.75) is 38.3 Å². The zero-order valence-electron chi connectivity index (χ0n) is 11.1. The summed E-state index contributed by atoms with van der Waals surface area (Å²) in [6, 6.07) is -0.265. The third-order valence-electron chi connectivity index (χ3n) is 3.65. The standard InChI is InChI=1S/C12H17NO5.K/c1-6(15)9-8-5-7(3-2-4-14)10(12(17)18)13(8)11(9)16;/h6,8-9,14-15H,2-5H2,1H3,(H,17,18);/q;+1/p-1/t6-,8-,9-;/m1./s1. The molecule has 0 unspecified atom stereocenters. The molecule has 0 aromatic heterocycles. The Hall–Kier alpha value is 0.236. The molecule has 0 spiro atoms. The van der Waals surface area contributed by atoms with Crippen molar-refractivity contribution in [3.05, 3.63) is 11.3 Å². The first-order valence-corrected chi connectivity index (χ1v) is 6.04. The van der Waals surface area contributed by atoms with Crippen LogP contribution >= 0.6 is 0 Å². The number of carbonyl (C=O) groups excluding carboxylic acids is 2. The van der Waals surface area contributed by atoms with Gasteiger partial charge in [0.2, 0.25) is 5.91 Å². The number of aliphatic hydroxyl groups is 2. The van der Waals surface area contributed by atoms with Crippen LogP contribution in [0.2, 0.25) is 0 Å². The van der Waals surface area contributed by atoms with Gasteiger partial charge in [0.25, 0.3) is 0 Å². The molecule has 0 aromatic rings. The van der Waals surface area contributed by atoms with Crippen LogP contribution in [0.3, 0.4) is 0 Å². The van der Waals surface area contributed by atoms with E-state index in [-0.39, 0.29) is 75.6 Å². The molecule has 0 saturated carbocycles. The third kappa shape index (κ3) is 2.97. The summed E-state index contributed by atoms with van der Waals surface area (Å²) in [6.07, 6.45) is 0.566. The van der Waals surface area contributed by atoms with Crippen LogP contribution in [0.1, 0.15) is 26.2 Å². The van der Waals surface area contributed by atoms with Gasteiger partial charge in [-0.15, -0.1) is 0 Å². The van der Waals surface area contributed by atoms with Gasteiger partial charge in [-0.1, -0.05) is 0 Å². The van der Waals surface area contributed by atoms with Gasteiger partial charge in [0.1, 0.15) is 0 Å². The number of nitrogens with zero attached hydrogens (tertiary/aromatic N) is 1. The molecule has 100 valence electrons. The summed E-state index contributed by atoms with van der Waals surface area (Å²) in [5.41, 5.74) is 0.570. The van der Waals surface area contributed by atoms with E-state index in [4.69, 9.17) is 5.11 Å². The summed E-state index contributed by atoms with van der Waals surface area (Å²) >= 11 is 0. The minimum absolute atomic E-state index is 0. The van der Waals surface area contributed by atoms with Crippen LogP contribution in [0.4, 0.5) is 0 Å². The second kappa shape index (κ2) is 6.80. The average Bonchev–Trinajstić information content (AvgIpc) is 2.60. The normalized spacial score (nSPS) is 26.7. The SMILES string of the molecule is C[C@@H](O)[C@H]1C(=O)N2C(C(=O)[O-])=C(CCCO)C[C@H]12.[K+]. The molecule has 7 heteroatoms. The zero-order chi connectivity index (χ0) is 13.4. The van der Waals surface area contributed by atoms with Crippen molar-refractivity contribution < 1.29 is 76.3 Å². The van der Waals surface area contributed by atoms with E-state index in [1.165, 1.54) is 11.8 Å². The molecule has 0 bridgehead atoms. The van der Waals surface area contributed by atoms with Gasteiger partial charge >= 0.3 is 51.4 Å². The van der Waals surface area contributed by atoms with E-state index in [0.29, 0.717) is 24.8 Å². The summed E-state index contributed by atoms with van der Waals surface area (Å²) in [5, 5.41) is 29.4. The fraction of sp³-hybridized carbons (Fsp3) is 0.667. The van der Waals surface area contributed by atoms with Crippen LogP contribution in [-0.2, 0) is 9.59 Å². The first-order valence-electron chi connectivity index (χ1n) is 6.04. The number of aliphatic carboxylic acids is 1. The number of carboxylic acids is 1. The largest absolute Gasteiger partial charge is 1.00 e. The van der Waals surface area contributed by atoms with E-state index in [1.807, 2.05) is 0 Å². The molecule has 3 atom stereocenters. The number of aliphatic hydroxyl groups excluding tert-OH is 2. The van der Waals surface area contributed by atoms with Crippen molar-refractivity contribution in [3.63, 3.8) is 0 Å². The van der Waals surface area contributed by atoms with Crippen molar-refractivity contribution >= 4 is 11.9 Å². The predicted octanol–water partition coefficient (Wildman–Crippen LogP) is -4.62. The Balaban J connectivity index is 0.00000180. The zero-order valence-corrected chi connectivity index (χ0v) is 14.2. The topological polar surface area (TPSA) is 101 Å². The number of carboxylic acid groups (broad SMARTS) is 1. The van der Waals surface area contributed by atoms with E-state index in [0.717, 1.165) is 0 Å². The number of amides is 1. The van der Waals surface area contributed by atoms with Gasteiger partial charge < -0.3 is 25.0 Å². The van der Waals surface area contributed by atoms with E-state index in [9.17, 15) is 19.8 Å². The maximum atomic E-state index is 11.8. The molecule has 2 aliphatic heterocycles. The maximum absolute atomic E-state index is 11.8. The van der Waals surface area contributed by atoms with Gasteiger partial charge in [-0.3, -0.25) is 4.79 Å². The minimum Gasteiger partial charge on any atom is -0.543 e. The predicted molar refractivity (Wildman–Crippen MR) is 58.8 cm³/mol. The molecule has 1 fully saturated rings. The fourth-order valence-electron chi connectivity index (χ4n) is 2.86. The second-order valence-electron chi connectivity index (χ2n) is 4.81. The molecular weight excluding hydrogens is 277 g/mol. The first kappa shape index (κ1) is 17.3. The molecule has 2 rings (SSSR count). The van der Waals surface area contributed by atoms with Crippen LogP contribution in [0.15, 0.2) is 11.3 Å². The summed E-state index contributed by atoms with van der Waals surface area (Å²) in [7, 11) is 0. The minimum atomic E-state index is -1.36. The smallest absolute Gasteiger partial charge is 0.543 e. The van der Waals surface area contributed by atoms with E-state index < -0.39 is 18.0 Å². The molecule has 19 heavy (non-hydrogen) atoms. The summed E-state index contributed by atoms with van der Waals surface area (Å²) in [4.78, 5) is 24.1. The van der Waals surface area contributed by atoms with Crippen molar-refractivity contribution in [2.24, 2.45) is 5.92 Å². The number of fused-ring (bicyclic) bond motifs is 1. The van der Waals surface area contributed by atoms with E-state index >= 15 is 0 Å². The van der Waals surface area contributed by atoms with Crippen LogP contribution in [-0.4, -0.2) is 45.7 Å². The quantitative estimate of drug-likeness (QED) is 0.392. The number of rotatable bonds is 5. The summed E-state index contributed by atoms with van der Waals surface area (Å²) in [5.74, 6) is -2.23. The number of hydrogen-bond donors (Lipinski definition) is 2. The average molecular weight is 293 g/mol. The molecule has 2 aliphatic rings.